The smallest absolute Gasteiger partial charge is 0.290 e. The van der Waals surface area contributed by atoms with Crippen molar-refractivity contribution >= 4 is 45.6 Å². The topological polar surface area (TPSA) is 89.3 Å². The van der Waals surface area contributed by atoms with Gasteiger partial charge in [-0.05, 0) is 13.0 Å². The van der Waals surface area contributed by atoms with Gasteiger partial charge < -0.3 is 5.32 Å². The molecule has 0 radical (unpaired) electrons. The normalized spacial score (nSPS) is 13.6. The summed E-state index contributed by atoms with van der Waals surface area (Å²) in [6, 6.07) is 1.97. The van der Waals surface area contributed by atoms with Crippen molar-refractivity contribution in [3.05, 3.63) is 37.9 Å². The van der Waals surface area contributed by atoms with Crippen LogP contribution < -0.4 is 5.32 Å². The number of carbonyl (C=O) groups is 1. The summed E-state index contributed by atoms with van der Waals surface area (Å²) in [5.74, 6) is -0.251. The van der Waals surface area contributed by atoms with Crippen LogP contribution in [0.1, 0.15) is 17.3 Å². The summed E-state index contributed by atoms with van der Waals surface area (Å²) in [6.45, 7) is 1.69. The molecule has 1 aromatic carbocycles. The Morgan fingerprint density at radius 1 is 1.50 bits per heavy atom. The van der Waals surface area contributed by atoms with Crippen LogP contribution in [0.5, 0.6) is 0 Å². The summed E-state index contributed by atoms with van der Waals surface area (Å²) >= 11 is 11.5. The van der Waals surface area contributed by atoms with Crippen LogP contribution in [0, 0.1) is 10.1 Å². The highest BCUT2D eigenvalue weighted by Crippen LogP contribution is 2.33. The number of hydrogen-bond donors (Lipinski definition) is 1. The molecule has 0 fully saturated rings. The summed E-state index contributed by atoms with van der Waals surface area (Å²) in [7, 11) is -1.06. The number of hydrogen-bond acceptors (Lipinski definition) is 4. The molecular formula is C11H12Cl2N2O4S. The van der Waals surface area contributed by atoms with Crippen molar-refractivity contribution in [3.63, 3.8) is 0 Å². The second-order valence-electron chi connectivity index (χ2n) is 4.16. The van der Waals surface area contributed by atoms with Gasteiger partial charge in [0.2, 0.25) is 0 Å². The highest BCUT2D eigenvalue weighted by molar-refractivity contribution is 7.84. The molecule has 2 unspecified atom stereocenters. The lowest BCUT2D eigenvalue weighted by Gasteiger charge is -2.12. The Kier molecular flexibility index (Phi) is 5.91. The largest absolute Gasteiger partial charge is 0.349 e. The van der Waals surface area contributed by atoms with Gasteiger partial charge in [0.25, 0.3) is 11.6 Å². The summed E-state index contributed by atoms with van der Waals surface area (Å²) < 4.78 is 11.0. The molecule has 1 rings (SSSR count). The molecule has 0 saturated carbocycles. The lowest BCUT2D eigenvalue weighted by molar-refractivity contribution is -0.384. The molecule has 6 nitrogen and oxygen atoms in total. The number of benzene rings is 1. The molecule has 110 valence electrons. The van der Waals surface area contributed by atoms with Crippen LogP contribution >= 0.6 is 23.2 Å². The Labute approximate surface area is 128 Å². The molecule has 0 bridgehead atoms. The number of nitrogens with one attached hydrogen (secondary N) is 1. The lowest BCUT2D eigenvalue weighted by atomic mass is 10.2. The van der Waals surface area contributed by atoms with Gasteiger partial charge >= 0.3 is 0 Å². The minimum Gasteiger partial charge on any atom is -0.349 e. The van der Waals surface area contributed by atoms with Crippen molar-refractivity contribution in [2.24, 2.45) is 0 Å². The second kappa shape index (κ2) is 7.01. The van der Waals surface area contributed by atoms with E-state index in [1.165, 1.54) is 12.3 Å². The van der Waals surface area contributed by atoms with E-state index < -0.39 is 27.3 Å². The summed E-state index contributed by atoms with van der Waals surface area (Å²) in [5.41, 5.74) is -0.407. The molecule has 0 aromatic heterocycles. The van der Waals surface area contributed by atoms with Crippen molar-refractivity contribution in [2.45, 2.75) is 13.0 Å². The predicted molar refractivity (Wildman–Crippen MR) is 79.0 cm³/mol. The van der Waals surface area contributed by atoms with Crippen LogP contribution in [-0.2, 0) is 10.8 Å². The zero-order valence-electron chi connectivity index (χ0n) is 10.7. The Morgan fingerprint density at radius 2 is 2.10 bits per heavy atom. The Bertz CT molecular complexity index is 580. The van der Waals surface area contributed by atoms with Gasteiger partial charge in [-0.3, -0.25) is 19.1 Å². The van der Waals surface area contributed by atoms with Crippen molar-refractivity contribution in [2.75, 3.05) is 12.0 Å². The molecule has 1 aromatic rings. The lowest BCUT2D eigenvalue weighted by Crippen LogP contribution is -2.36. The summed E-state index contributed by atoms with van der Waals surface area (Å²) in [4.78, 5) is 22.0. The van der Waals surface area contributed by atoms with E-state index in [-0.39, 0.29) is 27.4 Å². The van der Waals surface area contributed by atoms with E-state index in [4.69, 9.17) is 23.2 Å². The van der Waals surface area contributed by atoms with E-state index in [0.717, 1.165) is 6.07 Å². The van der Waals surface area contributed by atoms with E-state index in [2.05, 4.69) is 5.32 Å². The molecule has 0 aliphatic rings. The highest BCUT2D eigenvalue weighted by Gasteiger charge is 2.21. The molecule has 2 atom stereocenters. The second-order valence-corrected chi connectivity index (χ2v) is 6.43. The van der Waals surface area contributed by atoms with Gasteiger partial charge in [-0.2, -0.15) is 0 Å². The SMILES string of the molecule is CC(CS(C)=O)NC(=O)c1cc(Cl)c(Cl)c([N+](=O)[O-])c1. The third-order valence-corrected chi connectivity index (χ3v) is 4.09. The Morgan fingerprint density at radius 3 is 2.60 bits per heavy atom. The molecular weight excluding hydrogens is 327 g/mol. The average molecular weight is 339 g/mol. The maximum Gasteiger partial charge on any atom is 0.290 e. The van der Waals surface area contributed by atoms with Gasteiger partial charge in [0.1, 0.15) is 5.02 Å². The third-order valence-electron chi connectivity index (χ3n) is 2.33. The number of nitrogens with zero attached hydrogens (tertiary/aromatic N) is 1. The molecule has 1 amide bonds. The zero-order chi connectivity index (χ0) is 15.4. The van der Waals surface area contributed by atoms with Crippen LogP contribution in [-0.4, -0.2) is 33.1 Å². The average Bonchev–Trinajstić information content (AvgIpc) is 2.30. The first-order chi connectivity index (χ1) is 9.22. The number of nitro benzene ring substituents is 1. The number of amides is 1. The van der Waals surface area contributed by atoms with E-state index >= 15 is 0 Å². The van der Waals surface area contributed by atoms with Crippen molar-refractivity contribution in [3.8, 4) is 0 Å². The van der Waals surface area contributed by atoms with Gasteiger partial charge in [0, 0.05) is 40.5 Å². The van der Waals surface area contributed by atoms with Gasteiger partial charge in [-0.25, -0.2) is 0 Å². The monoisotopic (exact) mass is 338 g/mol. The van der Waals surface area contributed by atoms with Crippen molar-refractivity contribution in [1.29, 1.82) is 0 Å². The van der Waals surface area contributed by atoms with Gasteiger partial charge in [0.05, 0.1) is 9.95 Å². The van der Waals surface area contributed by atoms with Crippen LogP contribution in [0.3, 0.4) is 0 Å². The van der Waals surface area contributed by atoms with Gasteiger partial charge in [0.15, 0.2) is 0 Å². The van der Waals surface area contributed by atoms with Crippen LogP contribution in [0.2, 0.25) is 10.0 Å². The first-order valence-electron chi connectivity index (χ1n) is 5.46. The molecule has 20 heavy (non-hydrogen) atoms. The molecule has 0 aliphatic carbocycles. The number of halogens is 2. The van der Waals surface area contributed by atoms with Gasteiger partial charge in [-0.15, -0.1) is 0 Å². The maximum atomic E-state index is 11.9. The van der Waals surface area contributed by atoms with Crippen LogP contribution in [0.4, 0.5) is 5.69 Å². The predicted octanol–water partition coefficient (Wildman–Crippen LogP) is 2.40. The summed E-state index contributed by atoms with van der Waals surface area (Å²) in [5, 5.41) is 13.1. The number of carbonyl (C=O) groups excluding carboxylic acids is 1. The standard InChI is InChI=1S/C11H12Cl2N2O4S/c1-6(5-20(2)19)14-11(16)7-3-8(12)10(13)9(4-7)15(17)18/h3-4,6H,5H2,1-2H3,(H,14,16). The van der Waals surface area contributed by atoms with Crippen LogP contribution in [0.15, 0.2) is 12.1 Å². The van der Waals surface area contributed by atoms with Crippen molar-refractivity contribution in [1.82, 2.24) is 5.32 Å². The molecule has 0 saturated heterocycles. The molecule has 0 aliphatic heterocycles. The molecule has 1 N–H and O–H groups in total. The van der Waals surface area contributed by atoms with Gasteiger partial charge in [-0.1, -0.05) is 23.2 Å². The quantitative estimate of drug-likeness (QED) is 0.659. The van der Waals surface area contributed by atoms with E-state index in [0.29, 0.717) is 0 Å². The molecule has 0 heterocycles. The van der Waals surface area contributed by atoms with E-state index in [1.807, 2.05) is 0 Å². The van der Waals surface area contributed by atoms with Crippen LogP contribution in [0.25, 0.3) is 0 Å². The zero-order valence-corrected chi connectivity index (χ0v) is 13.0. The van der Waals surface area contributed by atoms with Crippen molar-refractivity contribution < 1.29 is 13.9 Å². The minimum absolute atomic E-state index is 0.0276. The van der Waals surface area contributed by atoms with E-state index in [1.54, 1.807) is 6.92 Å². The third kappa shape index (κ3) is 4.43. The minimum atomic E-state index is -1.06. The first kappa shape index (κ1) is 16.9. The first-order valence-corrected chi connectivity index (χ1v) is 7.95. The molecule has 0 spiro atoms. The highest BCUT2D eigenvalue weighted by atomic mass is 35.5. The fraction of sp³-hybridized carbons (Fsp3) is 0.364. The Balaban J connectivity index is 2.99. The fourth-order valence-corrected chi connectivity index (χ4v) is 2.72. The fourth-order valence-electron chi connectivity index (χ4n) is 1.54. The number of rotatable bonds is 5. The summed E-state index contributed by atoms with van der Waals surface area (Å²) in [6.07, 6.45) is 1.52. The number of nitro groups is 1. The molecule has 9 heteroatoms. The Hall–Kier alpha value is -1.18. The van der Waals surface area contributed by atoms with E-state index in [9.17, 15) is 19.1 Å². The maximum absolute atomic E-state index is 11.9.